The third-order valence-corrected chi connectivity index (χ3v) is 4.32. The molecule has 0 heterocycles. The van der Waals surface area contributed by atoms with Crippen molar-refractivity contribution < 1.29 is 33.0 Å². The number of hydrazine groups is 1. The highest BCUT2D eigenvalue weighted by molar-refractivity contribution is 5.94. The van der Waals surface area contributed by atoms with Crippen LogP contribution < -0.4 is 0 Å². The molecular weight excluding hydrogens is 398 g/mol. The van der Waals surface area contributed by atoms with E-state index in [1.54, 1.807) is 20.8 Å². The summed E-state index contributed by atoms with van der Waals surface area (Å²) in [6.45, 7) is 8.36. The fourth-order valence-electron chi connectivity index (χ4n) is 2.96. The van der Waals surface area contributed by atoms with E-state index in [0.29, 0.717) is 0 Å². The van der Waals surface area contributed by atoms with Crippen LogP contribution in [0.2, 0.25) is 0 Å². The molecule has 1 aromatic rings. The van der Waals surface area contributed by atoms with Crippen LogP contribution in [0.25, 0.3) is 0 Å². The van der Waals surface area contributed by atoms with Crippen molar-refractivity contribution in [3.8, 4) is 0 Å². The van der Waals surface area contributed by atoms with E-state index in [9.17, 15) is 28.3 Å². The van der Waals surface area contributed by atoms with Crippen molar-refractivity contribution in [2.75, 3.05) is 13.7 Å². The van der Waals surface area contributed by atoms with Crippen molar-refractivity contribution in [1.82, 2.24) is 10.0 Å². The van der Waals surface area contributed by atoms with Gasteiger partial charge in [-0.3, -0.25) is 19.4 Å². The number of amides is 1. The second-order valence-corrected chi connectivity index (χ2v) is 8.60. The topological polar surface area (TPSA) is 87.2 Å². The first-order chi connectivity index (χ1) is 13.8. The number of nitrogens with zero attached hydrogens (tertiary/aromatic N) is 2. The third-order valence-electron chi connectivity index (χ3n) is 4.32. The van der Waals surface area contributed by atoms with E-state index >= 15 is 0 Å². The molecule has 0 aliphatic carbocycles. The lowest BCUT2D eigenvalue weighted by Crippen LogP contribution is -2.56. The maximum Gasteiger partial charge on any atom is 0.323 e. The molecule has 0 aliphatic rings. The van der Waals surface area contributed by atoms with Gasteiger partial charge in [-0.2, -0.15) is 0 Å². The van der Waals surface area contributed by atoms with Crippen LogP contribution in [0.1, 0.15) is 46.6 Å². The van der Waals surface area contributed by atoms with Crippen LogP contribution in [-0.4, -0.2) is 52.7 Å². The molecule has 168 valence electrons. The van der Waals surface area contributed by atoms with Crippen molar-refractivity contribution in [3.05, 3.63) is 35.4 Å². The number of hydrogen-bond donors (Lipinski definition) is 1. The summed E-state index contributed by atoms with van der Waals surface area (Å²) in [6, 6.07) is 2.33. The monoisotopic (exact) mass is 428 g/mol. The lowest BCUT2D eigenvalue weighted by atomic mass is 9.86. The molecule has 0 fully saturated rings. The average molecular weight is 428 g/mol. The normalized spacial score (nSPS) is 12.7. The number of rotatable bonds is 9. The van der Waals surface area contributed by atoms with Gasteiger partial charge in [0.2, 0.25) is 5.91 Å². The molecular formula is C21H30F2N2O5. The Labute approximate surface area is 175 Å². The van der Waals surface area contributed by atoms with Gasteiger partial charge in [-0.15, -0.1) is 0 Å². The standard InChI is InChI=1S/C21H30F2N2O5/c1-13(2)12-30-17(27)10-16(26)25(11-14-8-7-9-15(22)18(14)23)24(6)19(20(28)29)21(3,4)5/h7-9,13,19H,10-12H2,1-6H3,(H,28,29)/t19-/m1/s1. The zero-order valence-electron chi connectivity index (χ0n) is 18.2. The molecule has 0 unspecified atom stereocenters. The number of esters is 1. The minimum atomic E-state index is -1.20. The van der Waals surface area contributed by atoms with Crippen LogP contribution in [0, 0.1) is 23.0 Å². The number of carboxylic acids is 1. The average Bonchev–Trinajstić information content (AvgIpc) is 2.59. The number of likely N-dealkylation sites (N-methyl/N-ethyl adjacent to an activating group) is 1. The molecule has 0 spiro atoms. The van der Waals surface area contributed by atoms with E-state index in [2.05, 4.69) is 0 Å². The summed E-state index contributed by atoms with van der Waals surface area (Å²) in [7, 11) is 1.36. The van der Waals surface area contributed by atoms with Crippen molar-refractivity contribution in [2.24, 2.45) is 11.3 Å². The SMILES string of the molecule is CC(C)COC(=O)CC(=O)N(Cc1cccc(F)c1F)N(C)[C@H](C(=O)O)C(C)(C)C. The number of halogens is 2. The maximum absolute atomic E-state index is 14.2. The fraction of sp³-hybridized carbons (Fsp3) is 0.571. The summed E-state index contributed by atoms with van der Waals surface area (Å²) >= 11 is 0. The quantitative estimate of drug-likeness (QED) is 0.369. The third kappa shape index (κ3) is 7.05. The highest BCUT2D eigenvalue weighted by atomic mass is 19.2. The van der Waals surface area contributed by atoms with Crippen LogP contribution in [0.3, 0.4) is 0 Å². The van der Waals surface area contributed by atoms with E-state index in [1.807, 2.05) is 13.8 Å². The Balaban J connectivity index is 3.23. The van der Waals surface area contributed by atoms with Crippen molar-refractivity contribution in [3.63, 3.8) is 0 Å². The Hall–Kier alpha value is -2.55. The number of benzene rings is 1. The second kappa shape index (κ2) is 10.5. The Morgan fingerprint density at radius 1 is 1.17 bits per heavy atom. The Morgan fingerprint density at radius 2 is 1.77 bits per heavy atom. The van der Waals surface area contributed by atoms with Gasteiger partial charge >= 0.3 is 11.9 Å². The van der Waals surface area contributed by atoms with E-state index in [4.69, 9.17) is 4.74 Å². The van der Waals surface area contributed by atoms with E-state index in [-0.39, 0.29) is 18.1 Å². The zero-order valence-corrected chi connectivity index (χ0v) is 18.2. The molecule has 30 heavy (non-hydrogen) atoms. The summed E-state index contributed by atoms with van der Waals surface area (Å²) < 4.78 is 32.9. The number of ether oxygens (including phenoxy) is 1. The lowest BCUT2D eigenvalue weighted by Gasteiger charge is -2.41. The minimum absolute atomic E-state index is 0.0708. The summed E-state index contributed by atoms with van der Waals surface area (Å²) in [6.07, 6.45) is -0.662. The minimum Gasteiger partial charge on any atom is -0.480 e. The molecule has 0 radical (unpaired) electrons. The first-order valence-corrected chi connectivity index (χ1v) is 9.60. The molecule has 9 heteroatoms. The van der Waals surface area contributed by atoms with Gasteiger partial charge in [-0.1, -0.05) is 46.8 Å². The Bertz CT molecular complexity index is 777. The van der Waals surface area contributed by atoms with Gasteiger partial charge in [0.1, 0.15) is 12.5 Å². The highest BCUT2D eigenvalue weighted by Crippen LogP contribution is 2.27. The number of aliphatic carboxylic acids is 1. The summed E-state index contributed by atoms with van der Waals surface area (Å²) in [5, 5.41) is 11.8. The van der Waals surface area contributed by atoms with Crippen molar-refractivity contribution >= 4 is 17.8 Å². The first-order valence-electron chi connectivity index (χ1n) is 9.60. The van der Waals surface area contributed by atoms with E-state index in [1.165, 1.54) is 19.2 Å². The van der Waals surface area contributed by atoms with Gasteiger partial charge in [0.25, 0.3) is 0 Å². The molecule has 1 N–H and O–H groups in total. The fourth-order valence-corrected chi connectivity index (χ4v) is 2.96. The molecule has 1 atom stereocenters. The maximum atomic E-state index is 14.2. The van der Waals surface area contributed by atoms with Crippen LogP contribution >= 0.6 is 0 Å². The molecule has 1 rings (SSSR count). The zero-order chi connectivity index (χ0) is 23.2. The molecule has 0 saturated carbocycles. The van der Waals surface area contributed by atoms with Crippen LogP contribution in [0.5, 0.6) is 0 Å². The molecule has 1 aromatic carbocycles. The first kappa shape index (κ1) is 25.5. The van der Waals surface area contributed by atoms with Gasteiger partial charge < -0.3 is 9.84 Å². The summed E-state index contributed by atoms with van der Waals surface area (Å²) in [4.78, 5) is 36.8. The lowest BCUT2D eigenvalue weighted by molar-refractivity contribution is -0.171. The molecule has 0 saturated heterocycles. The van der Waals surface area contributed by atoms with Crippen LogP contribution in [0.4, 0.5) is 8.78 Å². The van der Waals surface area contributed by atoms with Gasteiger partial charge in [0.05, 0.1) is 13.2 Å². The van der Waals surface area contributed by atoms with E-state index in [0.717, 1.165) is 16.1 Å². The number of carbonyl (C=O) groups excluding carboxylic acids is 2. The number of carbonyl (C=O) groups is 3. The van der Waals surface area contributed by atoms with Gasteiger partial charge in [-0.25, -0.2) is 13.8 Å². The van der Waals surface area contributed by atoms with Crippen molar-refractivity contribution in [2.45, 2.75) is 53.6 Å². The van der Waals surface area contributed by atoms with Crippen molar-refractivity contribution in [1.29, 1.82) is 0 Å². The second-order valence-electron chi connectivity index (χ2n) is 8.60. The molecule has 0 bridgehead atoms. The van der Waals surface area contributed by atoms with Gasteiger partial charge in [0, 0.05) is 12.6 Å². The molecule has 0 aliphatic heterocycles. The highest BCUT2D eigenvalue weighted by Gasteiger charge is 2.39. The smallest absolute Gasteiger partial charge is 0.323 e. The van der Waals surface area contributed by atoms with E-state index < -0.39 is 53.9 Å². The molecule has 0 aromatic heterocycles. The Morgan fingerprint density at radius 3 is 2.27 bits per heavy atom. The predicted molar refractivity (Wildman–Crippen MR) is 106 cm³/mol. The van der Waals surface area contributed by atoms with Crippen LogP contribution in [-0.2, 0) is 25.7 Å². The van der Waals surface area contributed by atoms with Crippen LogP contribution in [0.15, 0.2) is 18.2 Å². The summed E-state index contributed by atoms with van der Waals surface area (Å²) in [5.74, 6) is -4.94. The van der Waals surface area contributed by atoms with Gasteiger partial charge in [-0.05, 0) is 17.4 Å². The largest absolute Gasteiger partial charge is 0.480 e. The van der Waals surface area contributed by atoms with Gasteiger partial charge in [0.15, 0.2) is 11.6 Å². The molecule has 7 nitrogen and oxygen atoms in total. The number of carboxylic acid groups (broad SMARTS) is 1. The Kier molecular flexibility index (Phi) is 8.90. The molecule has 1 amide bonds. The number of hydrogen-bond acceptors (Lipinski definition) is 5. The summed E-state index contributed by atoms with van der Waals surface area (Å²) in [5.41, 5.74) is -0.957. The predicted octanol–water partition coefficient (Wildman–Crippen LogP) is 3.23.